The van der Waals surface area contributed by atoms with Crippen LogP contribution < -0.4 is 9.64 Å². The Bertz CT molecular complexity index is 1270. The van der Waals surface area contributed by atoms with Crippen molar-refractivity contribution in [1.29, 1.82) is 0 Å². The van der Waals surface area contributed by atoms with Gasteiger partial charge < -0.3 is 9.47 Å². The maximum atomic E-state index is 13.4. The average molecular weight is 552 g/mol. The van der Waals surface area contributed by atoms with Gasteiger partial charge >= 0.3 is 0 Å². The van der Waals surface area contributed by atoms with E-state index in [1.165, 1.54) is 30.6 Å². The highest BCUT2D eigenvalue weighted by Crippen LogP contribution is 2.36. The van der Waals surface area contributed by atoms with Crippen LogP contribution >= 0.6 is 22.9 Å². The molecule has 1 aliphatic rings. The van der Waals surface area contributed by atoms with E-state index >= 15 is 0 Å². The zero-order chi connectivity index (χ0) is 25.7. The van der Waals surface area contributed by atoms with Crippen LogP contribution in [0.2, 0.25) is 5.02 Å². The molecule has 0 unspecified atom stereocenters. The second kappa shape index (κ2) is 11.9. The van der Waals surface area contributed by atoms with E-state index in [0.717, 1.165) is 41.8 Å². The highest BCUT2D eigenvalue weighted by Gasteiger charge is 2.24. The van der Waals surface area contributed by atoms with Crippen LogP contribution in [0.25, 0.3) is 10.2 Å². The number of methoxy groups -OCH3 is 1. The van der Waals surface area contributed by atoms with Crippen molar-refractivity contribution in [2.75, 3.05) is 57.2 Å². The molecule has 8 nitrogen and oxygen atoms in total. The number of amides is 1. The van der Waals surface area contributed by atoms with Crippen molar-refractivity contribution in [3.8, 4) is 5.75 Å². The zero-order valence-electron chi connectivity index (χ0n) is 20.4. The summed E-state index contributed by atoms with van der Waals surface area (Å²) in [6, 6.07) is 9.92. The van der Waals surface area contributed by atoms with Crippen molar-refractivity contribution in [2.45, 2.75) is 24.7 Å². The Morgan fingerprint density at radius 2 is 1.92 bits per heavy atom. The minimum Gasteiger partial charge on any atom is -0.497 e. The molecule has 1 fully saturated rings. The van der Waals surface area contributed by atoms with E-state index in [2.05, 4.69) is 4.90 Å². The predicted octanol–water partition coefficient (Wildman–Crippen LogP) is 4.19. The second-order valence-corrected chi connectivity index (χ2v) is 12.1. The van der Waals surface area contributed by atoms with Crippen LogP contribution in [0.5, 0.6) is 5.75 Å². The third-order valence-corrected chi connectivity index (χ3v) is 9.45. The number of halogens is 1. The van der Waals surface area contributed by atoms with Gasteiger partial charge in [-0.05, 0) is 49.2 Å². The van der Waals surface area contributed by atoms with Crippen molar-refractivity contribution in [1.82, 2.24) is 9.88 Å². The van der Waals surface area contributed by atoms with Gasteiger partial charge in [0.05, 0.1) is 46.2 Å². The number of aromatic nitrogens is 1. The lowest BCUT2D eigenvalue weighted by molar-refractivity contribution is -0.118. The Balaban J connectivity index is 1.51. The monoisotopic (exact) mass is 551 g/mol. The fraction of sp³-hybridized carbons (Fsp3) is 0.440. The molecule has 1 aromatic heterocycles. The van der Waals surface area contributed by atoms with Gasteiger partial charge in [0.2, 0.25) is 5.91 Å². The fourth-order valence-corrected chi connectivity index (χ4v) is 6.66. The Morgan fingerprint density at radius 1 is 1.19 bits per heavy atom. The number of aryl methyl sites for hydroxylation is 1. The minimum atomic E-state index is -3.64. The van der Waals surface area contributed by atoms with Crippen LogP contribution in [0.1, 0.15) is 18.4 Å². The summed E-state index contributed by atoms with van der Waals surface area (Å²) in [6.45, 7) is 6.36. The first-order chi connectivity index (χ1) is 17.3. The predicted molar refractivity (Wildman–Crippen MR) is 143 cm³/mol. The van der Waals surface area contributed by atoms with E-state index in [0.29, 0.717) is 35.7 Å². The Kier molecular flexibility index (Phi) is 8.84. The number of rotatable bonds is 10. The van der Waals surface area contributed by atoms with Crippen molar-refractivity contribution < 1.29 is 22.7 Å². The fourth-order valence-electron chi connectivity index (χ4n) is 4.07. The molecule has 1 aliphatic heterocycles. The number of ether oxygens (including phenoxy) is 2. The molecule has 36 heavy (non-hydrogen) atoms. The van der Waals surface area contributed by atoms with Gasteiger partial charge in [0, 0.05) is 32.6 Å². The van der Waals surface area contributed by atoms with Crippen molar-refractivity contribution in [2.24, 2.45) is 0 Å². The molecule has 4 rings (SSSR count). The van der Waals surface area contributed by atoms with Crippen LogP contribution in [-0.4, -0.2) is 76.5 Å². The van der Waals surface area contributed by atoms with Gasteiger partial charge in [0.1, 0.15) is 5.75 Å². The van der Waals surface area contributed by atoms with Gasteiger partial charge in [-0.15, -0.1) is 0 Å². The lowest BCUT2D eigenvalue weighted by Gasteiger charge is -2.27. The first kappa shape index (κ1) is 26.8. The van der Waals surface area contributed by atoms with Gasteiger partial charge in [-0.25, -0.2) is 13.4 Å². The van der Waals surface area contributed by atoms with Gasteiger partial charge in [-0.1, -0.05) is 29.0 Å². The number of carbonyl (C=O) groups is 1. The Labute approximate surface area is 220 Å². The number of hydrogen-bond donors (Lipinski definition) is 0. The topological polar surface area (TPSA) is 89.0 Å². The minimum absolute atomic E-state index is 0.144. The number of carbonyl (C=O) groups excluding carboxylic acids is 1. The molecule has 1 amide bonds. The Morgan fingerprint density at radius 3 is 2.58 bits per heavy atom. The normalized spacial score (nSPS) is 14.8. The van der Waals surface area contributed by atoms with Gasteiger partial charge in [0.15, 0.2) is 15.0 Å². The molecule has 2 heterocycles. The quantitative estimate of drug-likeness (QED) is 0.373. The smallest absolute Gasteiger partial charge is 0.229 e. The highest BCUT2D eigenvalue weighted by molar-refractivity contribution is 7.91. The van der Waals surface area contributed by atoms with Gasteiger partial charge in [-0.3, -0.25) is 14.6 Å². The maximum Gasteiger partial charge on any atom is 0.229 e. The molecule has 0 N–H and O–H groups in total. The van der Waals surface area contributed by atoms with E-state index in [4.69, 9.17) is 26.1 Å². The number of thiazole rings is 1. The summed E-state index contributed by atoms with van der Waals surface area (Å²) in [5, 5.41) is 1.12. The van der Waals surface area contributed by atoms with Gasteiger partial charge in [-0.2, -0.15) is 0 Å². The number of morpholine rings is 1. The number of sulfone groups is 1. The third-order valence-electron chi connectivity index (χ3n) is 6.18. The zero-order valence-corrected chi connectivity index (χ0v) is 22.8. The molecule has 0 aliphatic carbocycles. The number of benzene rings is 2. The third kappa shape index (κ3) is 6.36. The van der Waals surface area contributed by atoms with E-state index in [1.54, 1.807) is 17.0 Å². The van der Waals surface area contributed by atoms with Crippen molar-refractivity contribution in [3.05, 3.63) is 47.0 Å². The summed E-state index contributed by atoms with van der Waals surface area (Å²) >= 11 is 7.76. The average Bonchev–Trinajstić information content (AvgIpc) is 3.35. The summed E-state index contributed by atoms with van der Waals surface area (Å²) in [4.78, 5) is 22.2. The molecule has 0 saturated carbocycles. The molecule has 1 saturated heterocycles. The van der Waals surface area contributed by atoms with Crippen molar-refractivity contribution in [3.63, 3.8) is 0 Å². The van der Waals surface area contributed by atoms with E-state index in [9.17, 15) is 13.2 Å². The molecule has 0 bridgehead atoms. The molecule has 194 valence electrons. The number of nitrogens with zero attached hydrogens (tertiary/aromatic N) is 3. The molecule has 0 atom stereocenters. The van der Waals surface area contributed by atoms with E-state index in [-0.39, 0.29) is 23.0 Å². The van der Waals surface area contributed by atoms with Crippen LogP contribution in [0.4, 0.5) is 5.13 Å². The summed E-state index contributed by atoms with van der Waals surface area (Å²) in [6.07, 6.45) is 0.591. The van der Waals surface area contributed by atoms with Crippen LogP contribution in [0, 0.1) is 6.92 Å². The largest absolute Gasteiger partial charge is 0.497 e. The highest BCUT2D eigenvalue weighted by atomic mass is 35.5. The van der Waals surface area contributed by atoms with E-state index < -0.39 is 9.84 Å². The number of fused-ring (bicyclic) bond motifs is 1. The number of anilines is 1. The molecule has 2 aromatic carbocycles. The summed E-state index contributed by atoms with van der Waals surface area (Å²) in [5.74, 6) is 0.00570. The van der Waals surface area contributed by atoms with Crippen LogP contribution in [0.15, 0.2) is 41.3 Å². The SMILES string of the molecule is COc1ccc(S(=O)(=O)CCC(=O)N(CCCN2CCOCC2)c2nc3c(C)ccc(Cl)c3s2)cc1. The summed E-state index contributed by atoms with van der Waals surface area (Å²) < 4.78 is 37.1. The van der Waals surface area contributed by atoms with Gasteiger partial charge in [0.25, 0.3) is 0 Å². The standard InChI is InChI=1S/C25H30ClN3O5S2/c1-18-4-9-21(26)24-23(18)27-25(35-24)29(12-3-11-28-13-15-34-16-14-28)22(30)10-17-36(31,32)20-7-5-19(33-2)6-8-20/h4-9H,3,10-17H2,1-2H3. The van der Waals surface area contributed by atoms with Crippen LogP contribution in [-0.2, 0) is 19.4 Å². The first-order valence-corrected chi connectivity index (χ1v) is 14.7. The number of hydrogen-bond acceptors (Lipinski definition) is 8. The molecule has 3 aromatic rings. The molecule has 0 radical (unpaired) electrons. The van der Waals surface area contributed by atoms with E-state index in [1.807, 2.05) is 19.1 Å². The molecule has 11 heteroatoms. The van der Waals surface area contributed by atoms with Crippen LogP contribution in [0.3, 0.4) is 0 Å². The molecular formula is C25H30ClN3O5S2. The lowest BCUT2D eigenvalue weighted by atomic mass is 10.2. The van der Waals surface area contributed by atoms with Crippen molar-refractivity contribution >= 4 is 54.0 Å². The summed E-state index contributed by atoms with van der Waals surface area (Å²) in [5.41, 5.74) is 1.74. The Hall–Kier alpha value is -2.24. The molecular weight excluding hydrogens is 522 g/mol. The first-order valence-electron chi connectivity index (χ1n) is 11.8. The second-order valence-electron chi connectivity index (χ2n) is 8.64. The maximum absolute atomic E-state index is 13.4. The summed E-state index contributed by atoms with van der Waals surface area (Å²) in [7, 11) is -2.11. The molecule has 0 spiro atoms. The lowest BCUT2D eigenvalue weighted by Crippen LogP contribution is -2.39.